The minimum Gasteiger partial charge on any atom is -0.491 e. The van der Waals surface area contributed by atoms with Gasteiger partial charge >= 0.3 is 6.09 Å². The van der Waals surface area contributed by atoms with Crippen molar-refractivity contribution in [1.82, 2.24) is 4.90 Å². The number of ether oxygens (including phenoxy) is 2. The third-order valence-corrected chi connectivity index (χ3v) is 3.76. The molecule has 0 saturated heterocycles. The van der Waals surface area contributed by atoms with Crippen LogP contribution >= 0.6 is 27.5 Å². The number of carbonyl (C=O) groups excluding carboxylic acids is 2. The lowest BCUT2D eigenvalue weighted by molar-refractivity contribution is -0.116. The van der Waals surface area contributed by atoms with Crippen LogP contribution in [0.25, 0.3) is 0 Å². The van der Waals surface area contributed by atoms with Gasteiger partial charge in [0.15, 0.2) is 5.75 Å². The van der Waals surface area contributed by atoms with Crippen molar-refractivity contribution in [2.24, 2.45) is 0 Å². The van der Waals surface area contributed by atoms with Gasteiger partial charge in [-0.15, -0.1) is 0 Å². The van der Waals surface area contributed by atoms with E-state index in [2.05, 4.69) is 26.0 Å². The molecule has 0 unspecified atom stereocenters. The zero-order valence-corrected chi connectivity index (χ0v) is 15.7. The lowest BCUT2D eigenvalue weighted by Crippen LogP contribution is -2.28. The Morgan fingerprint density at radius 1 is 1.39 bits per heavy atom. The second-order valence-electron chi connectivity index (χ2n) is 4.74. The molecule has 1 rings (SSSR count). The molecule has 0 aliphatic carbocycles. The van der Waals surface area contributed by atoms with Gasteiger partial charge in [-0.25, -0.2) is 4.79 Å². The van der Waals surface area contributed by atoms with Crippen LogP contribution in [0.15, 0.2) is 16.6 Å². The van der Waals surface area contributed by atoms with Crippen molar-refractivity contribution in [2.75, 3.05) is 32.6 Å². The molecule has 8 heteroatoms. The minimum absolute atomic E-state index is 0.182. The van der Waals surface area contributed by atoms with E-state index in [1.807, 2.05) is 6.92 Å². The summed E-state index contributed by atoms with van der Waals surface area (Å²) in [6.07, 6.45) is 0.350. The number of methoxy groups -OCH3 is 1. The van der Waals surface area contributed by atoms with Crippen LogP contribution in [-0.2, 0) is 9.53 Å². The quantitative estimate of drug-likeness (QED) is 0.744. The first-order valence-corrected chi connectivity index (χ1v) is 8.26. The molecule has 1 aromatic rings. The third kappa shape index (κ3) is 6.27. The highest BCUT2D eigenvalue weighted by Crippen LogP contribution is 2.36. The van der Waals surface area contributed by atoms with Crippen molar-refractivity contribution < 1.29 is 19.1 Å². The van der Waals surface area contributed by atoms with Gasteiger partial charge in [0.05, 0.1) is 23.9 Å². The van der Waals surface area contributed by atoms with Crippen molar-refractivity contribution in [3.63, 3.8) is 0 Å². The molecule has 23 heavy (non-hydrogen) atoms. The average Bonchev–Trinajstić information content (AvgIpc) is 2.49. The van der Waals surface area contributed by atoms with Crippen LogP contribution in [0.2, 0.25) is 5.02 Å². The van der Waals surface area contributed by atoms with E-state index in [4.69, 9.17) is 16.3 Å². The first-order valence-electron chi connectivity index (χ1n) is 7.09. The fourth-order valence-corrected chi connectivity index (χ4v) is 2.81. The molecule has 2 amide bonds. The number of amides is 2. The van der Waals surface area contributed by atoms with Gasteiger partial charge in [-0.3, -0.25) is 4.79 Å². The standard InChI is InChI=1S/C15H20BrClN2O4/c1-4-23-14-11(16)8-10(17)9-12(14)18-13(20)6-5-7-19(2)15(21)22-3/h8-9H,4-7H2,1-3H3,(H,18,20). The number of rotatable bonds is 7. The first kappa shape index (κ1) is 19.6. The normalized spacial score (nSPS) is 10.1. The van der Waals surface area contributed by atoms with E-state index in [0.29, 0.717) is 40.5 Å². The van der Waals surface area contributed by atoms with Crippen LogP contribution in [0.3, 0.4) is 0 Å². The SMILES string of the molecule is CCOc1c(Br)cc(Cl)cc1NC(=O)CCCN(C)C(=O)OC. The molecule has 0 radical (unpaired) electrons. The molecule has 0 bridgehead atoms. The smallest absolute Gasteiger partial charge is 0.409 e. The number of benzene rings is 1. The molecule has 0 aliphatic rings. The van der Waals surface area contributed by atoms with E-state index < -0.39 is 6.09 Å². The molecule has 128 valence electrons. The van der Waals surface area contributed by atoms with Crippen molar-refractivity contribution in [2.45, 2.75) is 19.8 Å². The maximum absolute atomic E-state index is 12.1. The van der Waals surface area contributed by atoms with Gasteiger partial charge in [-0.2, -0.15) is 0 Å². The number of carbonyl (C=O) groups is 2. The molecule has 0 aromatic heterocycles. The Labute approximate surface area is 149 Å². The zero-order chi connectivity index (χ0) is 17.4. The molecule has 0 fully saturated rings. The molecule has 1 N–H and O–H groups in total. The molecule has 0 spiro atoms. The lowest BCUT2D eigenvalue weighted by atomic mass is 10.2. The molecule has 0 aliphatic heterocycles. The predicted molar refractivity (Wildman–Crippen MR) is 93.2 cm³/mol. The highest BCUT2D eigenvalue weighted by molar-refractivity contribution is 9.10. The molecule has 0 heterocycles. The third-order valence-electron chi connectivity index (χ3n) is 2.95. The fourth-order valence-electron chi connectivity index (χ4n) is 1.88. The highest BCUT2D eigenvalue weighted by Gasteiger charge is 2.14. The summed E-state index contributed by atoms with van der Waals surface area (Å²) in [5.41, 5.74) is 0.512. The van der Waals surface area contributed by atoms with E-state index in [1.54, 1.807) is 19.2 Å². The summed E-state index contributed by atoms with van der Waals surface area (Å²) in [5, 5.41) is 3.27. The average molecular weight is 408 g/mol. The molecule has 0 saturated carbocycles. The number of nitrogens with zero attached hydrogens (tertiary/aromatic N) is 1. The number of hydrogen-bond acceptors (Lipinski definition) is 4. The van der Waals surface area contributed by atoms with Crippen LogP contribution in [-0.4, -0.2) is 44.2 Å². The molecular formula is C15H20BrClN2O4. The summed E-state index contributed by atoms with van der Waals surface area (Å²) < 4.78 is 10.8. The number of halogens is 2. The Morgan fingerprint density at radius 2 is 2.09 bits per heavy atom. The van der Waals surface area contributed by atoms with Gasteiger partial charge in [0.1, 0.15) is 0 Å². The van der Waals surface area contributed by atoms with Gasteiger partial charge in [-0.1, -0.05) is 11.6 Å². The van der Waals surface area contributed by atoms with Gasteiger partial charge < -0.3 is 19.7 Å². The Kier molecular flexibility index (Phi) is 8.19. The van der Waals surface area contributed by atoms with E-state index in [-0.39, 0.29) is 12.3 Å². The number of hydrogen-bond donors (Lipinski definition) is 1. The number of nitrogens with one attached hydrogen (secondary N) is 1. The van der Waals surface area contributed by atoms with Gasteiger partial charge in [-0.05, 0) is 41.4 Å². The van der Waals surface area contributed by atoms with Crippen molar-refractivity contribution in [1.29, 1.82) is 0 Å². The van der Waals surface area contributed by atoms with E-state index in [9.17, 15) is 9.59 Å². The predicted octanol–water partition coefficient (Wildman–Crippen LogP) is 3.92. The Hall–Kier alpha value is -1.47. The summed E-state index contributed by atoms with van der Waals surface area (Å²) in [5.74, 6) is 0.357. The Balaban J connectivity index is 2.62. The topological polar surface area (TPSA) is 67.9 Å². The van der Waals surface area contributed by atoms with Crippen molar-refractivity contribution >= 4 is 45.2 Å². The Bertz CT molecular complexity index is 569. The Morgan fingerprint density at radius 3 is 2.70 bits per heavy atom. The molecule has 6 nitrogen and oxygen atoms in total. The maximum Gasteiger partial charge on any atom is 0.409 e. The summed E-state index contributed by atoms with van der Waals surface area (Å²) in [6.45, 7) is 2.75. The number of anilines is 1. The van der Waals surface area contributed by atoms with E-state index in [1.165, 1.54) is 12.0 Å². The van der Waals surface area contributed by atoms with Crippen molar-refractivity contribution in [3.05, 3.63) is 21.6 Å². The van der Waals surface area contributed by atoms with Crippen molar-refractivity contribution in [3.8, 4) is 5.75 Å². The van der Waals surface area contributed by atoms with Gasteiger partial charge in [0.25, 0.3) is 0 Å². The summed E-state index contributed by atoms with van der Waals surface area (Å²) in [4.78, 5) is 24.7. The first-order chi connectivity index (χ1) is 10.9. The van der Waals surface area contributed by atoms with Crippen LogP contribution < -0.4 is 10.1 Å². The molecule has 0 atom stereocenters. The highest BCUT2D eigenvalue weighted by atomic mass is 79.9. The summed E-state index contributed by atoms with van der Waals surface area (Å²) >= 11 is 9.37. The summed E-state index contributed by atoms with van der Waals surface area (Å²) in [7, 11) is 2.93. The second kappa shape index (κ2) is 9.62. The second-order valence-corrected chi connectivity index (χ2v) is 6.03. The largest absolute Gasteiger partial charge is 0.491 e. The lowest BCUT2D eigenvalue weighted by Gasteiger charge is -2.16. The monoisotopic (exact) mass is 406 g/mol. The minimum atomic E-state index is -0.428. The maximum atomic E-state index is 12.1. The van der Waals surface area contributed by atoms with Crippen LogP contribution in [0.4, 0.5) is 10.5 Å². The van der Waals surface area contributed by atoms with Crippen LogP contribution in [0.1, 0.15) is 19.8 Å². The zero-order valence-electron chi connectivity index (χ0n) is 13.3. The van der Waals surface area contributed by atoms with Gasteiger partial charge in [0.2, 0.25) is 5.91 Å². The van der Waals surface area contributed by atoms with E-state index >= 15 is 0 Å². The molecular weight excluding hydrogens is 388 g/mol. The van der Waals surface area contributed by atoms with Crippen LogP contribution in [0, 0.1) is 0 Å². The van der Waals surface area contributed by atoms with E-state index in [0.717, 1.165) is 0 Å². The summed E-state index contributed by atoms with van der Waals surface area (Å²) in [6, 6.07) is 3.34. The van der Waals surface area contributed by atoms with Crippen LogP contribution in [0.5, 0.6) is 5.75 Å². The van der Waals surface area contributed by atoms with Gasteiger partial charge in [0, 0.05) is 25.0 Å². The fraction of sp³-hybridized carbons (Fsp3) is 0.467. The molecule has 1 aromatic carbocycles.